The fourth-order valence-electron chi connectivity index (χ4n) is 2.76. The summed E-state index contributed by atoms with van der Waals surface area (Å²) in [4.78, 5) is 0. The van der Waals surface area contributed by atoms with Crippen molar-refractivity contribution < 1.29 is 9.13 Å². The molecular weight excluding hydrogens is 241 g/mol. The third-order valence-electron chi connectivity index (χ3n) is 3.95. The van der Waals surface area contributed by atoms with E-state index in [1.54, 1.807) is 6.07 Å². The van der Waals surface area contributed by atoms with Gasteiger partial charge in [-0.05, 0) is 18.9 Å². The molecule has 0 saturated heterocycles. The second kappa shape index (κ2) is 7.49. The van der Waals surface area contributed by atoms with Crippen LogP contribution in [0.25, 0.3) is 0 Å². The predicted molar refractivity (Wildman–Crippen MR) is 75.9 cm³/mol. The molecule has 0 aliphatic heterocycles. The zero-order chi connectivity index (χ0) is 13.5. The van der Waals surface area contributed by atoms with E-state index in [9.17, 15) is 4.39 Å². The highest BCUT2D eigenvalue weighted by Crippen LogP contribution is 2.21. The van der Waals surface area contributed by atoms with E-state index < -0.39 is 0 Å². The van der Waals surface area contributed by atoms with Crippen molar-refractivity contribution in [3.05, 3.63) is 29.6 Å². The van der Waals surface area contributed by atoms with E-state index in [-0.39, 0.29) is 5.82 Å². The summed E-state index contributed by atoms with van der Waals surface area (Å²) in [6.07, 6.45) is 9.06. The van der Waals surface area contributed by atoms with Crippen LogP contribution in [0.3, 0.4) is 0 Å². The Morgan fingerprint density at radius 2 is 1.84 bits per heavy atom. The SMILES string of the molecule is COc1cccc(CNC2CCCCCCC2)c1F. The van der Waals surface area contributed by atoms with Crippen molar-refractivity contribution in [2.75, 3.05) is 7.11 Å². The maximum absolute atomic E-state index is 14.0. The number of nitrogens with one attached hydrogen (secondary N) is 1. The highest BCUT2D eigenvalue weighted by atomic mass is 19.1. The summed E-state index contributed by atoms with van der Waals surface area (Å²) in [6, 6.07) is 5.87. The lowest BCUT2D eigenvalue weighted by molar-refractivity contribution is 0.372. The number of hydrogen-bond acceptors (Lipinski definition) is 2. The van der Waals surface area contributed by atoms with E-state index in [4.69, 9.17) is 4.74 Å². The Morgan fingerprint density at radius 3 is 2.53 bits per heavy atom. The summed E-state index contributed by atoms with van der Waals surface area (Å²) in [5.74, 6) is 0.0975. The predicted octanol–water partition coefficient (Wildman–Crippen LogP) is 4.04. The van der Waals surface area contributed by atoms with Gasteiger partial charge in [0.2, 0.25) is 0 Å². The van der Waals surface area contributed by atoms with Crippen molar-refractivity contribution in [3.63, 3.8) is 0 Å². The Balaban J connectivity index is 1.90. The standard InChI is InChI=1S/C16H24FNO/c1-19-15-11-7-8-13(16(15)17)12-18-14-9-5-3-2-4-6-10-14/h7-8,11,14,18H,2-6,9-10,12H2,1H3. The third-order valence-corrected chi connectivity index (χ3v) is 3.95. The number of rotatable bonds is 4. The topological polar surface area (TPSA) is 21.3 Å². The lowest BCUT2D eigenvalue weighted by Crippen LogP contribution is -2.29. The molecule has 2 rings (SSSR count). The molecule has 106 valence electrons. The van der Waals surface area contributed by atoms with Crippen LogP contribution in [0, 0.1) is 5.82 Å². The number of ether oxygens (including phenoxy) is 1. The van der Waals surface area contributed by atoms with Gasteiger partial charge in [-0.15, -0.1) is 0 Å². The molecule has 0 aromatic heterocycles. The quantitative estimate of drug-likeness (QED) is 0.887. The van der Waals surface area contributed by atoms with Crippen LogP contribution in [0.5, 0.6) is 5.75 Å². The summed E-state index contributed by atoms with van der Waals surface area (Å²) in [5.41, 5.74) is 0.696. The minimum Gasteiger partial charge on any atom is -0.494 e. The molecule has 1 fully saturated rings. The molecule has 3 heteroatoms. The van der Waals surface area contributed by atoms with Crippen LogP contribution in [0.1, 0.15) is 50.5 Å². The highest BCUT2D eigenvalue weighted by molar-refractivity contribution is 5.30. The largest absolute Gasteiger partial charge is 0.494 e. The van der Waals surface area contributed by atoms with Gasteiger partial charge in [-0.3, -0.25) is 0 Å². The average Bonchev–Trinajstić information content (AvgIpc) is 2.39. The van der Waals surface area contributed by atoms with Crippen molar-refractivity contribution in [1.82, 2.24) is 5.32 Å². The molecule has 0 bridgehead atoms. The average molecular weight is 265 g/mol. The summed E-state index contributed by atoms with van der Waals surface area (Å²) in [7, 11) is 1.50. The molecule has 1 aromatic carbocycles. The van der Waals surface area contributed by atoms with E-state index >= 15 is 0 Å². The van der Waals surface area contributed by atoms with E-state index in [1.165, 1.54) is 52.1 Å². The van der Waals surface area contributed by atoms with Crippen molar-refractivity contribution in [1.29, 1.82) is 0 Å². The molecule has 1 aliphatic carbocycles. The van der Waals surface area contributed by atoms with Crippen LogP contribution in [0.2, 0.25) is 0 Å². The van der Waals surface area contributed by atoms with Gasteiger partial charge >= 0.3 is 0 Å². The molecule has 0 spiro atoms. The zero-order valence-corrected chi connectivity index (χ0v) is 11.8. The first-order chi connectivity index (χ1) is 9.31. The van der Waals surface area contributed by atoms with Gasteiger partial charge in [0.1, 0.15) is 0 Å². The van der Waals surface area contributed by atoms with Gasteiger partial charge in [-0.25, -0.2) is 4.39 Å². The maximum Gasteiger partial charge on any atom is 0.169 e. The minimum atomic E-state index is -0.233. The molecule has 2 nitrogen and oxygen atoms in total. The first-order valence-electron chi connectivity index (χ1n) is 7.36. The molecular formula is C16H24FNO. The molecule has 1 aromatic rings. The third kappa shape index (κ3) is 4.20. The summed E-state index contributed by atoms with van der Waals surface area (Å²) in [6.45, 7) is 0.591. The van der Waals surface area contributed by atoms with Gasteiger partial charge in [-0.1, -0.05) is 44.2 Å². The second-order valence-corrected chi connectivity index (χ2v) is 5.36. The van der Waals surface area contributed by atoms with Gasteiger partial charge in [0.15, 0.2) is 11.6 Å². The first-order valence-corrected chi connectivity index (χ1v) is 7.36. The summed E-state index contributed by atoms with van der Waals surface area (Å²) < 4.78 is 19.0. The second-order valence-electron chi connectivity index (χ2n) is 5.36. The maximum atomic E-state index is 14.0. The molecule has 0 unspecified atom stereocenters. The molecule has 1 saturated carbocycles. The number of hydrogen-bond donors (Lipinski definition) is 1. The Hall–Kier alpha value is -1.09. The molecule has 1 aliphatic rings. The first kappa shape index (κ1) is 14.3. The monoisotopic (exact) mass is 265 g/mol. The zero-order valence-electron chi connectivity index (χ0n) is 11.8. The Morgan fingerprint density at radius 1 is 1.16 bits per heavy atom. The van der Waals surface area contributed by atoms with Crippen LogP contribution in [-0.2, 0) is 6.54 Å². The molecule has 0 amide bonds. The lowest BCUT2D eigenvalue weighted by Gasteiger charge is -2.21. The lowest BCUT2D eigenvalue weighted by atomic mass is 9.96. The molecule has 0 heterocycles. The van der Waals surface area contributed by atoms with Crippen molar-refractivity contribution in [3.8, 4) is 5.75 Å². The minimum absolute atomic E-state index is 0.233. The Bertz CT molecular complexity index is 386. The number of halogens is 1. The van der Waals surface area contributed by atoms with Gasteiger partial charge in [0.05, 0.1) is 7.11 Å². The summed E-state index contributed by atoms with van der Waals surface area (Å²) >= 11 is 0. The van der Waals surface area contributed by atoms with E-state index in [1.807, 2.05) is 12.1 Å². The smallest absolute Gasteiger partial charge is 0.169 e. The Kier molecular flexibility index (Phi) is 5.64. The number of benzene rings is 1. The van der Waals surface area contributed by atoms with Gasteiger partial charge < -0.3 is 10.1 Å². The van der Waals surface area contributed by atoms with Crippen molar-refractivity contribution in [2.24, 2.45) is 0 Å². The van der Waals surface area contributed by atoms with E-state index in [0.717, 1.165) is 0 Å². The van der Waals surface area contributed by atoms with Crippen LogP contribution < -0.4 is 10.1 Å². The van der Waals surface area contributed by atoms with Gasteiger partial charge in [0.25, 0.3) is 0 Å². The van der Waals surface area contributed by atoms with Crippen molar-refractivity contribution >= 4 is 0 Å². The van der Waals surface area contributed by atoms with Gasteiger partial charge in [-0.2, -0.15) is 0 Å². The number of methoxy groups -OCH3 is 1. The fraction of sp³-hybridized carbons (Fsp3) is 0.625. The highest BCUT2D eigenvalue weighted by Gasteiger charge is 2.13. The molecule has 0 radical (unpaired) electrons. The van der Waals surface area contributed by atoms with Crippen molar-refractivity contribution in [2.45, 2.75) is 57.5 Å². The molecule has 1 N–H and O–H groups in total. The van der Waals surface area contributed by atoms with Crippen LogP contribution >= 0.6 is 0 Å². The van der Waals surface area contributed by atoms with Gasteiger partial charge in [0, 0.05) is 18.2 Å². The Labute approximate surface area is 115 Å². The van der Waals surface area contributed by atoms with E-state index in [2.05, 4.69) is 5.32 Å². The fourth-order valence-corrected chi connectivity index (χ4v) is 2.76. The van der Waals surface area contributed by atoms with Crippen LogP contribution in [-0.4, -0.2) is 13.2 Å². The molecule has 19 heavy (non-hydrogen) atoms. The summed E-state index contributed by atoms with van der Waals surface area (Å²) in [5, 5.41) is 3.50. The van der Waals surface area contributed by atoms with Crippen LogP contribution in [0.4, 0.5) is 4.39 Å². The molecule has 0 atom stereocenters. The normalized spacial score (nSPS) is 17.8. The van der Waals surface area contributed by atoms with Crippen LogP contribution in [0.15, 0.2) is 18.2 Å². The van der Waals surface area contributed by atoms with E-state index in [0.29, 0.717) is 23.9 Å².